The predicted octanol–water partition coefficient (Wildman–Crippen LogP) is 3.03. The number of nitrogens with one attached hydrogen (secondary N) is 2. The molecule has 0 aromatic carbocycles. The van der Waals surface area contributed by atoms with Crippen LogP contribution in [0.4, 0.5) is 0 Å². The highest BCUT2D eigenvalue weighted by atomic mass is 127. The third kappa shape index (κ3) is 7.71. The van der Waals surface area contributed by atoms with E-state index in [2.05, 4.69) is 46.8 Å². The number of hydrogen-bond donors (Lipinski definition) is 2. The SMILES string of the molecule is CCc1nc(CNC(=NC)NCCC(C)C)cs1.I. The summed E-state index contributed by atoms with van der Waals surface area (Å²) in [5, 5.41) is 9.88. The zero-order valence-corrected chi connectivity index (χ0v) is 15.3. The standard InChI is InChI=1S/C13H24N4S.HI/c1-5-12-17-11(9-18-12)8-16-13(14-4)15-7-6-10(2)3;/h9-10H,5-8H2,1-4H3,(H2,14,15,16);1H. The van der Waals surface area contributed by atoms with Gasteiger partial charge in [0, 0.05) is 19.0 Å². The minimum absolute atomic E-state index is 0. The molecule has 19 heavy (non-hydrogen) atoms. The Morgan fingerprint density at radius 2 is 2.16 bits per heavy atom. The topological polar surface area (TPSA) is 49.3 Å². The van der Waals surface area contributed by atoms with Gasteiger partial charge >= 0.3 is 0 Å². The van der Waals surface area contributed by atoms with E-state index in [-0.39, 0.29) is 24.0 Å². The molecule has 0 aliphatic rings. The van der Waals surface area contributed by atoms with Gasteiger partial charge in [0.1, 0.15) is 0 Å². The minimum Gasteiger partial charge on any atom is -0.356 e. The average molecular weight is 396 g/mol. The molecule has 6 heteroatoms. The molecule has 0 fully saturated rings. The summed E-state index contributed by atoms with van der Waals surface area (Å²) in [6.45, 7) is 8.26. The highest BCUT2D eigenvalue weighted by molar-refractivity contribution is 14.0. The fraction of sp³-hybridized carbons (Fsp3) is 0.692. The smallest absolute Gasteiger partial charge is 0.191 e. The van der Waals surface area contributed by atoms with Crippen LogP contribution in [-0.4, -0.2) is 24.5 Å². The Morgan fingerprint density at radius 1 is 1.42 bits per heavy atom. The fourth-order valence-corrected chi connectivity index (χ4v) is 2.21. The van der Waals surface area contributed by atoms with Gasteiger partial charge in [0.25, 0.3) is 0 Å². The summed E-state index contributed by atoms with van der Waals surface area (Å²) in [4.78, 5) is 8.71. The molecular formula is C13H25IN4S. The first kappa shape index (κ1) is 18.6. The van der Waals surface area contributed by atoms with Crippen LogP contribution >= 0.6 is 35.3 Å². The zero-order chi connectivity index (χ0) is 13.4. The van der Waals surface area contributed by atoms with E-state index in [1.165, 1.54) is 5.01 Å². The number of hydrogen-bond acceptors (Lipinski definition) is 3. The molecule has 0 radical (unpaired) electrons. The number of halogens is 1. The second-order valence-corrected chi connectivity index (χ2v) is 5.56. The summed E-state index contributed by atoms with van der Waals surface area (Å²) in [5.74, 6) is 1.56. The molecule has 1 rings (SSSR count). The van der Waals surface area contributed by atoms with Gasteiger partial charge in [-0.1, -0.05) is 20.8 Å². The van der Waals surface area contributed by atoms with Gasteiger partial charge in [-0.15, -0.1) is 35.3 Å². The molecule has 110 valence electrons. The lowest BCUT2D eigenvalue weighted by Crippen LogP contribution is -2.37. The molecule has 0 amide bonds. The predicted molar refractivity (Wildman–Crippen MR) is 94.6 cm³/mol. The molecule has 0 aliphatic carbocycles. The third-order valence-corrected chi connectivity index (χ3v) is 3.62. The molecule has 0 saturated carbocycles. The number of rotatable bonds is 6. The Hall–Kier alpha value is -0.370. The van der Waals surface area contributed by atoms with E-state index < -0.39 is 0 Å². The summed E-state index contributed by atoms with van der Waals surface area (Å²) in [6.07, 6.45) is 2.16. The van der Waals surface area contributed by atoms with Crippen molar-refractivity contribution in [2.45, 2.75) is 40.2 Å². The lowest BCUT2D eigenvalue weighted by Gasteiger charge is -2.11. The lowest BCUT2D eigenvalue weighted by atomic mass is 10.1. The van der Waals surface area contributed by atoms with Crippen LogP contribution in [0.25, 0.3) is 0 Å². The van der Waals surface area contributed by atoms with Gasteiger partial charge in [-0.2, -0.15) is 0 Å². The molecule has 1 aromatic rings. The van der Waals surface area contributed by atoms with E-state index in [9.17, 15) is 0 Å². The highest BCUT2D eigenvalue weighted by Crippen LogP contribution is 2.09. The molecule has 4 nitrogen and oxygen atoms in total. The first-order valence-corrected chi connectivity index (χ1v) is 7.41. The van der Waals surface area contributed by atoms with Gasteiger partial charge in [0.2, 0.25) is 0 Å². The Balaban J connectivity index is 0.00000324. The van der Waals surface area contributed by atoms with Gasteiger partial charge in [0.15, 0.2) is 5.96 Å². The minimum atomic E-state index is 0. The highest BCUT2D eigenvalue weighted by Gasteiger charge is 2.02. The molecule has 2 N–H and O–H groups in total. The Labute approximate surface area is 137 Å². The number of aryl methyl sites for hydroxylation is 1. The molecule has 0 bridgehead atoms. The van der Waals surface area contributed by atoms with Crippen molar-refractivity contribution in [1.29, 1.82) is 0 Å². The quantitative estimate of drug-likeness (QED) is 0.442. The molecular weight excluding hydrogens is 371 g/mol. The van der Waals surface area contributed by atoms with Gasteiger partial charge in [0.05, 0.1) is 17.2 Å². The Kier molecular flexibility index (Phi) is 10.2. The Morgan fingerprint density at radius 3 is 2.68 bits per heavy atom. The van der Waals surface area contributed by atoms with Crippen LogP contribution in [-0.2, 0) is 13.0 Å². The van der Waals surface area contributed by atoms with Gasteiger partial charge < -0.3 is 10.6 Å². The number of aromatic nitrogens is 1. The van der Waals surface area contributed by atoms with E-state index in [0.717, 1.165) is 37.6 Å². The van der Waals surface area contributed by atoms with Gasteiger partial charge in [-0.25, -0.2) is 4.98 Å². The second kappa shape index (κ2) is 10.4. The van der Waals surface area contributed by atoms with E-state index in [1.54, 1.807) is 18.4 Å². The molecule has 0 spiro atoms. The van der Waals surface area contributed by atoms with Gasteiger partial charge in [-0.05, 0) is 18.8 Å². The van der Waals surface area contributed by atoms with Crippen molar-refractivity contribution in [3.05, 3.63) is 16.1 Å². The first-order valence-electron chi connectivity index (χ1n) is 6.53. The van der Waals surface area contributed by atoms with E-state index in [4.69, 9.17) is 0 Å². The summed E-state index contributed by atoms with van der Waals surface area (Å²) >= 11 is 1.72. The molecule has 0 saturated heterocycles. The van der Waals surface area contributed by atoms with Crippen molar-refractivity contribution in [3.63, 3.8) is 0 Å². The number of nitrogens with zero attached hydrogens (tertiary/aromatic N) is 2. The maximum absolute atomic E-state index is 4.52. The lowest BCUT2D eigenvalue weighted by molar-refractivity contribution is 0.573. The van der Waals surface area contributed by atoms with Crippen LogP contribution in [0.2, 0.25) is 0 Å². The molecule has 0 atom stereocenters. The summed E-state index contributed by atoms with van der Waals surface area (Å²) in [7, 11) is 1.79. The van der Waals surface area contributed by atoms with Crippen molar-refractivity contribution in [1.82, 2.24) is 15.6 Å². The maximum Gasteiger partial charge on any atom is 0.191 e. The molecule has 1 aromatic heterocycles. The van der Waals surface area contributed by atoms with Crippen molar-refractivity contribution < 1.29 is 0 Å². The second-order valence-electron chi connectivity index (χ2n) is 4.62. The molecule has 0 aliphatic heterocycles. The number of thiazole rings is 1. The molecule has 1 heterocycles. The number of aliphatic imine (C=N–C) groups is 1. The van der Waals surface area contributed by atoms with Crippen molar-refractivity contribution in [2.24, 2.45) is 10.9 Å². The van der Waals surface area contributed by atoms with Crippen molar-refractivity contribution in [3.8, 4) is 0 Å². The zero-order valence-electron chi connectivity index (χ0n) is 12.2. The average Bonchev–Trinajstić information content (AvgIpc) is 2.81. The molecule has 0 unspecified atom stereocenters. The van der Waals surface area contributed by atoms with Crippen LogP contribution in [0.15, 0.2) is 10.4 Å². The monoisotopic (exact) mass is 396 g/mol. The van der Waals surface area contributed by atoms with Crippen LogP contribution in [0.3, 0.4) is 0 Å². The van der Waals surface area contributed by atoms with Crippen LogP contribution < -0.4 is 10.6 Å². The van der Waals surface area contributed by atoms with Gasteiger partial charge in [-0.3, -0.25) is 4.99 Å². The first-order chi connectivity index (χ1) is 8.65. The summed E-state index contributed by atoms with van der Waals surface area (Å²) in [5.41, 5.74) is 1.09. The normalized spacial score (nSPS) is 11.3. The van der Waals surface area contributed by atoms with Crippen LogP contribution in [0.5, 0.6) is 0 Å². The Bertz CT molecular complexity index is 376. The van der Waals surface area contributed by atoms with E-state index in [1.807, 2.05) is 0 Å². The third-order valence-electron chi connectivity index (χ3n) is 2.58. The summed E-state index contributed by atoms with van der Waals surface area (Å²) in [6, 6.07) is 0. The largest absolute Gasteiger partial charge is 0.356 e. The van der Waals surface area contributed by atoms with Crippen molar-refractivity contribution >= 4 is 41.3 Å². The summed E-state index contributed by atoms with van der Waals surface area (Å²) < 4.78 is 0. The van der Waals surface area contributed by atoms with Crippen LogP contribution in [0, 0.1) is 5.92 Å². The fourth-order valence-electron chi connectivity index (χ4n) is 1.47. The van der Waals surface area contributed by atoms with Crippen molar-refractivity contribution in [2.75, 3.05) is 13.6 Å². The van der Waals surface area contributed by atoms with E-state index in [0.29, 0.717) is 5.92 Å². The van der Waals surface area contributed by atoms with E-state index >= 15 is 0 Å². The number of guanidine groups is 1. The maximum atomic E-state index is 4.52. The van der Waals surface area contributed by atoms with Crippen LogP contribution in [0.1, 0.15) is 37.9 Å².